The van der Waals surface area contributed by atoms with Crippen molar-refractivity contribution in [1.82, 2.24) is 19.7 Å². The summed E-state index contributed by atoms with van der Waals surface area (Å²) >= 11 is 0. The number of nitrogens with one attached hydrogen (secondary N) is 2. The summed E-state index contributed by atoms with van der Waals surface area (Å²) in [5.74, 6) is 0.790. The summed E-state index contributed by atoms with van der Waals surface area (Å²) in [4.78, 5) is 16.1. The predicted molar refractivity (Wildman–Crippen MR) is 69.2 cm³/mol. The molecule has 0 aliphatic heterocycles. The Hall–Kier alpha value is -2.11. The van der Waals surface area contributed by atoms with E-state index < -0.39 is 0 Å². The first-order valence-electron chi connectivity index (χ1n) is 5.94. The Morgan fingerprint density at radius 3 is 2.94 bits per heavy atom. The van der Waals surface area contributed by atoms with Crippen molar-refractivity contribution in [2.75, 3.05) is 5.32 Å². The average Bonchev–Trinajstić information content (AvgIpc) is 2.83. The highest BCUT2D eigenvalue weighted by Gasteiger charge is 2.06. The molecule has 0 unspecified atom stereocenters. The second-order valence-electron chi connectivity index (χ2n) is 4.56. The van der Waals surface area contributed by atoms with Crippen molar-refractivity contribution >= 4 is 5.82 Å². The maximum atomic E-state index is 12.1. The van der Waals surface area contributed by atoms with Gasteiger partial charge in [0.05, 0.1) is 12.2 Å². The highest BCUT2D eigenvalue weighted by atomic mass is 16.1. The second kappa shape index (κ2) is 5.48. The first kappa shape index (κ1) is 12.3. The SMILES string of the molecule is CC(C)Cn1ccnc(NCc2ccn[nH]2)c1=O. The van der Waals surface area contributed by atoms with Crippen LogP contribution < -0.4 is 10.9 Å². The molecule has 0 spiro atoms. The number of H-pyrrole nitrogens is 1. The van der Waals surface area contributed by atoms with Gasteiger partial charge in [-0.05, 0) is 12.0 Å². The molecule has 0 fully saturated rings. The minimum atomic E-state index is -0.0919. The zero-order chi connectivity index (χ0) is 13.0. The Kier molecular flexibility index (Phi) is 3.76. The van der Waals surface area contributed by atoms with Crippen LogP contribution in [0.25, 0.3) is 0 Å². The number of rotatable bonds is 5. The van der Waals surface area contributed by atoms with E-state index in [4.69, 9.17) is 0 Å². The van der Waals surface area contributed by atoms with E-state index in [2.05, 4.69) is 34.3 Å². The van der Waals surface area contributed by atoms with Crippen LogP contribution in [-0.2, 0) is 13.1 Å². The van der Waals surface area contributed by atoms with Gasteiger partial charge in [-0.25, -0.2) is 4.98 Å². The van der Waals surface area contributed by atoms with Crippen LogP contribution in [0.4, 0.5) is 5.82 Å². The summed E-state index contributed by atoms with van der Waals surface area (Å²) in [7, 11) is 0. The highest BCUT2D eigenvalue weighted by molar-refractivity contribution is 5.31. The number of hydrogen-bond donors (Lipinski definition) is 2. The Morgan fingerprint density at radius 2 is 2.28 bits per heavy atom. The molecule has 0 aliphatic carbocycles. The molecule has 18 heavy (non-hydrogen) atoms. The van der Waals surface area contributed by atoms with E-state index >= 15 is 0 Å². The number of hydrogen-bond acceptors (Lipinski definition) is 4. The molecule has 0 aromatic carbocycles. The molecule has 0 atom stereocenters. The van der Waals surface area contributed by atoms with Crippen LogP contribution >= 0.6 is 0 Å². The first-order chi connectivity index (χ1) is 8.66. The van der Waals surface area contributed by atoms with Gasteiger partial charge >= 0.3 is 0 Å². The molecule has 2 aromatic heterocycles. The molecule has 96 valence electrons. The van der Waals surface area contributed by atoms with Crippen LogP contribution in [0, 0.1) is 5.92 Å². The number of aromatic amines is 1. The zero-order valence-corrected chi connectivity index (χ0v) is 10.6. The highest BCUT2D eigenvalue weighted by Crippen LogP contribution is 2.00. The normalized spacial score (nSPS) is 10.8. The van der Waals surface area contributed by atoms with Crippen molar-refractivity contribution in [1.29, 1.82) is 0 Å². The van der Waals surface area contributed by atoms with E-state index in [9.17, 15) is 4.79 Å². The van der Waals surface area contributed by atoms with E-state index in [1.165, 1.54) is 0 Å². The van der Waals surface area contributed by atoms with Crippen LogP contribution in [0.15, 0.2) is 29.5 Å². The van der Waals surface area contributed by atoms with Gasteiger partial charge in [0, 0.05) is 25.1 Å². The van der Waals surface area contributed by atoms with Gasteiger partial charge in [0.25, 0.3) is 5.56 Å². The molecule has 2 N–H and O–H groups in total. The summed E-state index contributed by atoms with van der Waals surface area (Å²) in [5, 5.41) is 9.68. The van der Waals surface area contributed by atoms with E-state index in [1.807, 2.05) is 6.07 Å². The average molecular weight is 247 g/mol. The molecule has 2 aromatic rings. The lowest BCUT2D eigenvalue weighted by Gasteiger charge is -2.10. The quantitative estimate of drug-likeness (QED) is 0.833. The molecular weight excluding hydrogens is 230 g/mol. The molecule has 0 saturated carbocycles. The summed E-state index contributed by atoms with van der Waals surface area (Å²) in [6, 6.07) is 1.85. The van der Waals surface area contributed by atoms with Crippen LogP contribution in [0.5, 0.6) is 0 Å². The summed E-state index contributed by atoms with van der Waals surface area (Å²) in [5.41, 5.74) is 0.821. The Bertz CT molecular complexity index is 544. The van der Waals surface area contributed by atoms with Crippen LogP contribution in [0.2, 0.25) is 0 Å². The fourth-order valence-corrected chi connectivity index (χ4v) is 1.67. The minimum absolute atomic E-state index is 0.0919. The second-order valence-corrected chi connectivity index (χ2v) is 4.56. The minimum Gasteiger partial charge on any atom is -0.360 e. The van der Waals surface area contributed by atoms with Crippen molar-refractivity contribution in [3.8, 4) is 0 Å². The van der Waals surface area contributed by atoms with Crippen LogP contribution in [0.3, 0.4) is 0 Å². The van der Waals surface area contributed by atoms with E-state index in [0.29, 0.717) is 24.8 Å². The van der Waals surface area contributed by atoms with Crippen molar-refractivity contribution in [3.05, 3.63) is 40.7 Å². The van der Waals surface area contributed by atoms with Crippen molar-refractivity contribution < 1.29 is 0 Å². The largest absolute Gasteiger partial charge is 0.360 e. The molecule has 0 saturated heterocycles. The third-order valence-corrected chi connectivity index (χ3v) is 2.48. The third-order valence-electron chi connectivity index (χ3n) is 2.48. The molecule has 6 nitrogen and oxygen atoms in total. The smallest absolute Gasteiger partial charge is 0.293 e. The van der Waals surface area contributed by atoms with Gasteiger partial charge in [0.1, 0.15) is 0 Å². The lowest BCUT2D eigenvalue weighted by molar-refractivity contribution is 0.509. The van der Waals surface area contributed by atoms with Gasteiger partial charge in [-0.3, -0.25) is 9.89 Å². The van der Waals surface area contributed by atoms with Gasteiger partial charge < -0.3 is 9.88 Å². The molecule has 0 bridgehead atoms. The van der Waals surface area contributed by atoms with E-state index in [1.54, 1.807) is 23.2 Å². The van der Waals surface area contributed by atoms with Crippen LogP contribution in [-0.4, -0.2) is 19.7 Å². The number of nitrogens with zero attached hydrogens (tertiary/aromatic N) is 3. The van der Waals surface area contributed by atoms with Crippen molar-refractivity contribution in [2.45, 2.75) is 26.9 Å². The molecular formula is C12H17N5O. The third kappa shape index (κ3) is 2.97. The fourth-order valence-electron chi connectivity index (χ4n) is 1.67. The summed E-state index contributed by atoms with van der Waals surface area (Å²) < 4.78 is 1.67. The van der Waals surface area contributed by atoms with Gasteiger partial charge in [-0.15, -0.1) is 0 Å². The Labute approximate surface area is 105 Å². The fraction of sp³-hybridized carbons (Fsp3) is 0.417. The summed E-state index contributed by atoms with van der Waals surface area (Å²) in [6.07, 6.45) is 5.02. The number of aromatic nitrogens is 4. The molecule has 2 heterocycles. The zero-order valence-electron chi connectivity index (χ0n) is 10.6. The van der Waals surface area contributed by atoms with Crippen LogP contribution in [0.1, 0.15) is 19.5 Å². The topological polar surface area (TPSA) is 75.6 Å². The molecule has 0 radical (unpaired) electrons. The Morgan fingerprint density at radius 1 is 1.44 bits per heavy atom. The lowest BCUT2D eigenvalue weighted by Crippen LogP contribution is -2.25. The van der Waals surface area contributed by atoms with Gasteiger partial charge in [0.15, 0.2) is 5.82 Å². The molecule has 6 heteroatoms. The van der Waals surface area contributed by atoms with Crippen molar-refractivity contribution in [3.63, 3.8) is 0 Å². The molecule has 2 rings (SSSR count). The van der Waals surface area contributed by atoms with Crippen molar-refractivity contribution in [2.24, 2.45) is 5.92 Å². The standard InChI is InChI=1S/C12H17N5O/c1-9(2)8-17-6-5-13-11(12(17)18)14-7-10-3-4-15-16-10/h3-6,9H,7-8H2,1-2H3,(H,13,14)(H,15,16). The summed E-state index contributed by atoms with van der Waals surface area (Å²) in [6.45, 7) is 5.35. The van der Waals surface area contributed by atoms with Gasteiger partial charge in [-0.2, -0.15) is 5.10 Å². The molecule has 0 aliphatic rings. The van der Waals surface area contributed by atoms with Gasteiger partial charge in [0.2, 0.25) is 0 Å². The number of anilines is 1. The predicted octanol–water partition coefficient (Wildman–Crippen LogP) is 1.23. The lowest BCUT2D eigenvalue weighted by atomic mass is 10.2. The van der Waals surface area contributed by atoms with E-state index in [0.717, 1.165) is 5.69 Å². The maximum absolute atomic E-state index is 12.1. The first-order valence-corrected chi connectivity index (χ1v) is 5.94. The van der Waals surface area contributed by atoms with Gasteiger partial charge in [-0.1, -0.05) is 13.8 Å². The van der Waals surface area contributed by atoms with E-state index in [-0.39, 0.29) is 5.56 Å². The Balaban J connectivity index is 2.11. The monoisotopic (exact) mass is 247 g/mol. The molecule has 0 amide bonds. The maximum Gasteiger partial charge on any atom is 0.293 e.